The number of carbonyl (C=O) groups is 2. The van der Waals surface area contributed by atoms with Crippen molar-refractivity contribution in [1.82, 2.24) is 14.2 Å². The number of methoxy groups -OCH3 is 1. The maximum absolute atomic E-state index is 13.7. The molecule has 2 aromatic heterocycles. The van der Waals surface area contributed by atoms with Crippen LogP contribution in [-0.4, -0.2) is 85.6 Å². The van der Waals surface area contributed by atoms with Crippen LogP contribution in [0.2, 0.25) is 0 Å². The van der Waals surface area contributed by atoms with E-state index in [4.69, 9.17) is 9.47 Å². The van der Waals surface area contributed by atoms with E-state index in [0.29, 0.717) is 16.1 Å². The SMILES string of the molecule is CCOC(=O)N1CCN(S(=O)(=O)c2ccc(C(=O)N(/N=C/c3ccc([N+](=O)[O-])s3)c3nc4ccc(OC)cc4s3)cc2)CC1. The molecule has 0 spiro atoms. The van der Waals surface area contributed by atoms with Gasteiger partial charge in [-0.05, 0) is 55.5 Å². The van der Waals surface area contributed by atoms with Gasteiger partial charge in [0.05, 0.1) is 44.8 Å². The molecule has 17 heteroatoms. The molecule has 0 atom stereocenters. The van der Waals surface area contributed by atoms with Crippen LogP contribution in [0.5, 0.6) is 5.75 Å². The number of aromatic nitrogens is 1. The average Bonchev–Trinajstić information content (AvgIpc) is 3.68. The van der Waals surface area contributed by atoms with Gasteiger partial charge in [0.25, 0.3) is 5.91 Å². The fraction of sp³-hybridized carbons (Fsp3) is 0.259. The molecule has 5 rings (SSSR count). The number of rotatable bonds is 9. The van der Waals surface area contributed by atoms with Gasteiger partial charge in [-0.2, -0.15) is 14.4 Å². The van der Waals surface area contributed by atoms with Crippen molar-refractivity contribution in [3.05, 3.63) is 75.2 Å². The van der Waals surface area contributed by atoms with E-state index >= 15 is 0 Å². The van der Waals surface area contributed by atoms with Gasteiger partial charge in [-0.3, -0.25) is 14.9 Å². The smallest absolute Gasteiger partial charge is 0.409 e. The highest BCUT2D eigenvalue weighted by Gasteiger charge is 2.31. The van der Waals surface area contributed by atoms with Gasteiger partial charge in [0.15, 0.2) is 0 Å². The summed E-state index contributed by atoms with van der Waals surface area (Å²) >= 11 is 2.09. The van der Waals surface area contributed by atoms with Gasteiger partial charge in [0.1, 0.15) is 5.75 Å². The Bertz CT molecular complexity index is 1830. The normalized spacial score (nSPS) is 14.2. The maximum atomic E-state index is 13.7. The Hall–Kier alpha value is -4.45. The zero-order valence-corrected chi connectivity index (χ0v) is 25.9. The minimum absolute atomic E-state index is 0.00772. The van der Waals surface area contributed by atoms with Gasteiger partial charge in [-0.15, -0.1) is 0 Å². The summed E-state index contributed by atoms with van der Waals surface area (Å²) in [5.74, 6) is 0.0180. The zero-order valence-electron chi connectivity index (χ0n) is 23.5. The summed E-state index contributed by atoms with van der Waals surface area (Å²) in [6.07, 6.45) is 0.848. The van der Waals surface area contributed by atoms with Crippen molar-refractivity contribution in [2.45, 2.75) is 11.8 Å². The second kappa shape index (κ2) is 13.0. The van der Waals surface area contributed by atoms with Crippen molar-refractivity contribution in [2.75, 3.05) is 44.9 Å². The van der Waals surface area contributed by atoms with Gasteiger partial charge in [0.2, 0.25) is 15.2 Å². The van der Waals surface area contributed by atoms with Crippen LogP contribution in [0.1, 0.15) is 22.2 Å². The van der Waals surface area contributed by atoms with Gasteiger partial charge < -0.3 is 14.4 Å². The Morgan fingerprint density at radius 2 is 1.82 bits per heavy atom. The van der Waals surface area contributed by atoms with Crippen LogP contribution in [0.4, 0.5) is 14.9 Å². The van der Waals surface area contributed by atoms with Crippen LogP contribution in [0, 0.1) is 10.1 Å². The highest BCUT2D eigenvalue weighted by molar-refractivity contribution is 7.89. The topological polar surface area (TPSA) is 165 Å². The third-order valence-electron chi connectivity index (χ3n) is 6.55. The van der Waals surface area contributed by atoms with Crippen LogP contribution < -0.4 is 9.75 Å². The average molecular weight is 659 g/mol. The summed E-state index contributed by atoms with van der Waals surface area (Å²) in [6, 6.07) is 13.6. The molecular formula is C27H26N6O8S3. The summed E-state index contributed by atoms with van der Waals surface area (Å²) in [7, 11) is -2.35. The Morgan fingerprint density at radius 3 is 2.45 bits per heavy atom. The minimum atomic E-state index is -3.89. The lowest BCUT2D eigenvalue weighted by molar-refractivity contribution is -0.380. The molecule has 3 heterocycles. The van der Waals surface area contributed by atoms with Crippen LogP contribution in [0.15, 0.2) is 64.6 Å². The molecule has 14 nitrogen and oxygen atoms in total. The van der Waals surface area contributed by atoms with Crippen LogP contribution in [-0.2, 0) is 14.8 Å². The number of thiazole rings is 1. The molecule has 4 aromatic rings. The number of benzene rings is 2. The summed E-state index contributed by atoms with van der Waals surface area (Å²) in [6.45, 7) is 2.54. The number of sulfonamides is 1. The number of amides is 2. The van der Waals surface area contributed by atoms with Crippen molar-refractivity contribution < 1.29 is 32.4 Å². The van der Waals surface area contributed by atoms with E-state index in [9.17, 15) is 28.1 Å². The van der Waals surface area contributed by atoms with Crippen LogP contribution in [0.25, 0.3) is 10.2 Å². The molecule has 1 fully saturated rings. The van der Waals surface area contributed by atoms with Gasteiger partial charge in [-0.1, -0.05) is 22.7 Å². The fourth-order valence-electron chi connectivity index (χ4n) is 4.29. The number of hydrogen-bond acceptors (Lipinski definition) is 12. The summed E-state index contributed by atoms with van der Waals surface area (Å²) in [4.78, 5) is 42.7. The molecule has 0 bridgehead atoms. The molecule has 1 aliphatic rings. The molecule has 0 N–H and O–H groups in total. The number of fused-ring (bicyclic) bond motifs is 1. The largest absolute Gasteiger partial charge is 0.497 e. The molecule has 2 aromatic carbocycles. The summed E-state index contributed by atoms with van der Waals surface area (Å²) < 4.78 is 38.9. The van der Waals surface area contributed by atoms with Crippen LogP contribution in [0.3, 0.4) is 0 Å². The number of nitro groups is 1. The number of thiophene rings is 1. The van der Waals surface area contributed by atoms with Crippen molar-refractivity contribution >= 4 is 71.3 Å². The molecular weight excluding hydrogens is 633 g/mol. The molecule has 44 heavy (non-hydrogen) atoms. The maximum Gasteiger partial charge on any atom is 0.409 e. The van der Waals surface area contributed by atoms with Crippen molar-refractivity contribution in [3.63, 3.8) is 0 Å². The first-order valence-corrected chi connectivity index (χ1v) is 16.3. The minimum Gasteiger partial charge on any atom is -0.497 e. The molecule has 0 radical (unpaired) electrons. The molecule has 0 unspecified atom stereocenters. The van der Waals surface area contributed by atoms with E-state index < -0.39 is 26.9 Å². The van der Waals surface area contributed by atoms with Crippen molar-refractivity contribution in [2.24, 2.45) is 5.10 Å². The standard InChI is InChI=1S/C27H26N6O8S3/c1-3-41-27(35)30-12-14-31(15-13-30)44(38,39)21-8-4-18(5-9-21)25(34)32(28-17-20-7-11-24(42-20)33(36)37)26-29-22-10-6-19(40-2)16-23(22)43-26/h4-11,16-17H,3,12-15H2,1-2H3/b28-17+. The number of piperazine rings is 1. The van der Waals surface area contributed by atoms with Crippen LogP contribution >= 0.6 is 22.7 Å². The predicted molar refractivity (Wildman–Crippen MR) is 165 cm³/mol. The molecule has 1 saturated heterocycles. The lowest BCUT2D eigenvalue weighted by atomic mass is 10.2. The van der Waals surface area contributed by atoms with E-state index in [2.05, 4.69) is 10.1 Å². The van der Waals surface area contributed by atoms with E-state index in [1.807, 2.05) is 0 Å². The van der Waals surface area contributed by atoms with E-state index in [1.54, 1.807) is 25.1 Å². The quantitative estimate of drug-likeness (QED) is 0.144. The predicted octanol–water partition coefficient (Wildman–Crippen LogP) is 4.42. The molecule has 0 aliphatic carbocycles. The molecule has 2 amide bonds. The molecule has 230 valence electrons. The lowest BCUT2D eigenvalue weighted by Crippen LogP contribution is -2.50. The highest BCUT2D eigenvalue weighted by Crippen LogP contribution is 2.33. The van der Waals surface area contributed by atoms with Crippen molar-refractivity contribution in [3.8, 4) is 5.75 Å². The lowest BCUT2D eigenvalue weighted by Gasteiger charge is -2.33. The second-order valence-corrected chi connectivity index (χ2v) is 13.3. The monoisotopic (exact) mass is 658 g/mol. The Balaban J connectivity index is 1.40. The van der Waals surface area contributed by atoms with Gasteiger partial charge in [-0.25, -0.2) is 18.2 Å². The first kappa shape index (κ1) is 31.0. The van der Waals surface area contributed by atoms with Gasteiger partial charge >= 0.3 is 11.1 Å². The number of hydrogen-bond donors (Lipinski definition) is 0. The first-order valence-electron chi connectivity index (χ1n) is 13.2. The third kappa shape index (κ3) is 6.54. The Kier molecular flexibility index (Phi) is 9.19. The number of anilines is 1. The summed E-state index contributed by atoms with van der Waals surface area (Å²) in [5, 5.41) is 16.7. The molecule has 1 aliphatic heterocycles. The molecule has 0 saturated carbocycles. The number of nitrogens with zero attached hydrogens (tertiary/aromatic N) is 6. The van der Waals surface area contributed by atoms with Gasteiger partial charge in [0, 0.05) is 37.8 Å². The first-order chi connectivity index (χ1) is 21.1. The number of ether oxygens (including phenoxy) is 2. The summed E-state index contributed by atoms with van der Waals surface area (Å²) in [5.41, 5.74) is 0.747. The Morgan fingerprint density at radius 1 is 1.09 bits per heavy atom. The second-order valence-electron chi connectivity index (χ2n) is 9.24. The van der Waals surface area contributed by atoms with E-state index in [-0.39, 0.29) is 53.4 Å². The highest BCUT2D eigenvalue weighted by atomic mass is 32.2. The number of carbonyl (C=O) groups excluding carboxylic acids is 2. The Labute approximate surface area is 259 Å². The zero-order chi connectivity index (χ0) is 31.4. The van der Waals surface area contributed by atoms with E-state index in [0.717, 1.165) is 21.0 Å². The van der Waals surface area contributed by atoms with E-state index in [1.165, 1.54) is 70.3 Å². The third-order valence-corrected chi connectivity index (χ3v) is 10.4. The van der Waals surface area contributed by atoms with Crippen molar-refractivity contribution in [1.29, 1.82) is 0 Å². The fourth-order valence-corrected chi connectivity index (χ4v) is 7.35. The number of hydrazone groups is 1.